The lowest BCUT2D eigenvalue weighted by atomic mass is 9.97. The van der Waals surface area contributed by atoms with Gasteiger partial charge in [0.05, 0.1) is 21.0 Å². The molecule has 1 aliphatic rings. The first-order valence-electron chi connectivity index (χ1n) is 9.87. The number of allylic oxidation sites excluding steroid dienone is 1. The molecular weight excluding hydrogens is 467 g/mol. The molecule has 8 nitrogen and oxygen atoms in total. The number of benzene rings is 1. The molecule has 1 aliphatic carbocycles. The SMILES string of the molecule is C[C@H](O)[C@@H](NS(=O)(=O)c1ccc(Cl)c(Cl)c1)C(=O)OCC(=O)NCCC1=CCCCC1. The molecule has 3 N–H and O–H groups in total. The first-order chi connectivity index (χ1) is 14.6. The van der Waals surface area contributed by atoms with Gasteiger partial charge in [-0.15, -0.1) is 0 Å². The summed E-state index contributed by atoms with van der Waals surface area (Å²) in [5.74, 6) is -1.59. The molecule has 2 atom stereocenters. The molecule has 11 heteroatoms. The highest BCUT2D eigenvalue weighted by Crippen LogP contribution is 2.25. The van der Waals surface area contributed by atoms with Crippen molar-refractivity contribution in [2.75, 3.05) is 13.2 Å². The summed E-state index contributed by atoms with van der Waals surface area (Å²) in [7, 11) is -4.21. The Kier molecular flexibility index (Phi) is 9.77. The van der Waals surface area contributed by atoms with Gasteiger partial charge in [-0.25, -0.2) is 8.42 Å². The number of esters is 1. The predicted octanol–water partition coefficient (Wildman–Crippen LogP) is 2.57. The zero-order chi connectivity index (χ0) is 23.0. The van der Waals surface area contributed by atoms with Gasteiger partial charge in [-0.2, -0.15) is 4.72 Å². The number of hydrogen-bond donors (Lipinski definition) is 3. The van der Waals surface area contributed by atoms with E-state index in [0.29, 0.717) is 6.54 Å². The number of aliphatic hydroxyl groups is 1. The highest BCUT2D eigenvalue weighted by molar-refractivity contribution is 7.89. The summed E-state index contributed by atoms with van der Waals surface area (Å²) in [5, 5.41) is 12.7. The van der Waals surface area contributed by atoms with E-state index in [4.69, 9.17) is 27.9 Å². The number of carbonyl (C=O) groups excluding carboxylic acids is 2. The summed E-state index contributed by atoms with van der Waals surface area (Å²) in [4.78, 5) is 24.0. The Balaban J connectivity index is 1.88. The van der Waals surface area contributed by atoms with Crippen LogP contribution in [0.2, 0.25) is 10.0 Å². The Morgan fingerprint density at radius 2 is 1.97 bits per heavy atom. The van der Waals surface area contributed by atoms with Crippen molar-refractivity contribution in [3.63, 3.8) is 0 Å². The maximum atomic E-state index is 12.5. The first kappa shape index (κ1) is 25.6. The average Bonchev–Trinajstić information content (AvgIpc) is 2.72. The van der Waals surface area contributed by atoms with Crippen LogP contribution in [0.1, 0.15) is 39.0 Å². The van der Waals surface area contributed by atoms with Gasteiger partial charge in [-0.05, 0) is 57.2 Å². The second kappa shape index (κ2) is 11.8. The van der Waals surface area contributed by atoms with E-state index in [0.717, 1.165) is 31.7 Å². The molecule has 0 saturated carbocycles. The smallest absolute Gasteiger partial charge is 0.327 e. The van der Waals surface area contributed by atoms with Crippen molar-refractivity contribution in [3.05, 3.63) is 39.9 Å². The number of amides is 1. The third kappa shape index (κ3) is 8.08. The van der Waals surface area contributed by atoms with E-state index in [1.54, 1.807) is 0 Å². The fourth-order valence-corrected chi connectivity index (χ4v) is 4.64. The van der Waals surface area contributed by atoms with Crippen LogP contribution in [-0.4, -0.2) is 50.7 Å². The minimum absolute atomic E-state index is 0.0152. The maximum absolute atomic E-state index is 12.5. The lowest BCUT2D eigenvalue weighted by Gasteiger charge is -2.20. The quantitative estimate of drug-likeness (QED) is 0.340. The van der Waals surface area contributed by atoms with Gasteiger partial charge in [0.25, 0.3) is 5.91 Å². The number of aliphatic hydroxyl groups excluding tert-OH is 1. The van der Waals surface area contributed by atoms with Crippen LogP contribution < -0.4 is 10.0 Å². The zero-order valence-corrected chi connectivity index (χ0v) is 19.4. The van der Waals surface area contributed by atoms with Gasteiger partial charge >= 0.3 is 5.97 Å². The number of hydrogen-bond acceptors (Lipinski definition) is 6. The summed E-state index contributed by atoms with van der Waals surface area (Å²) in [5.41, 5.74) is 1.30. The Labute approximate surface area is 192 Å². The van der Waals surface area contributed by atoms with Gasteiger partial charge in [-0.1, -0.05) is 34.9 Å². The van der Waals surface area contributed by atoms with Crippen molar-refractivity contribution < 1.29 is 27.9 Å². The third-order valence-corrected chi connectivity index (χ3v) is 6.90. The largest absolute Gasteiger partial charge is 0.454 e. The van der Waals surface area contributed by atoms with Crippen molar-refractivity contribution in [2.24, 2.45) is 0 Å². The number of rotatable bonds is 10. The minimum Gasteiger partial charge on any atom is -0.454 e. The van der Waals surface area contributed by atoms with Crippen molar-refractivity contribution in [1.82, 2.24) is 10.0 Å². The number of ether oxygens (including phenoxy) is 1. The van der Waals surface area contributed by atoms with E-state index in [-0.39, 0.29) is 14.9 Å². The number of sulfonamides is 1. The number of carbonyl (C=O) groups is 2. The second-order valence-corrected chi connectivity index (χ2v) is 9.76. The molecule has 172 valence electrons. The Morgan fingerprint density at radius 3 is 2.58 bits per heavy atom. The molecule has 1 aromatic rings. The van der Waals surface area contributed by atoms with Gasteiger partial charge < -0.3 is 15.2 Å². The van der Waals surface area contributed by atoms with Gasteiger partial charge in [0.1, 0.15) is 6.04 Å². The normalized spacial score (nSPS) is 16.2. The minimum atomic E-state index is -4.21. The molecule has 0 heterocycles. The topological polar surface area (TPSA) is 122 Å². The summed E-state index contributed by atoms with van der Waals surface area (Å²) >= 11 is 11.6. The van der Waals surface area contributed by atoms with Crippen LogP contribution in [0, 0.1) is 0 Å². The van der Waals surface area contributed by atoms with Crippen LogP contribution in [0.25, 0.3) is 0 Å². The predicted molar refractivity (Wildman–Crippen MR) is 117 cm³/mol. The molecule has 0 aromatic heterocycles. The first-order valence-corrected chi connectivity index (χ1v) is 12.1. The third-order valence-electron chi connectivity index (χ3n) is 4.72. The van der Waals surface area contributed by atoms with Crippen molar-refractivity contribution in [3.8, 4) is 0 Å². The van der Waals surface area contributed by atoms with Crippen LogP contribution in [0.5, 0.6) is 0 Å². The van der Waals surface area contributed by atoms with E-state index in [9.17, 15) is 23.1 Å². The van der Waals surface area contributed by atoms with Crippen LogP contribution in [0.15, 0.2) is 34.7 Å². The van der Waals surface area contributed by atoms with E-state index in [1.807, 2.05) is 0 Å². The van der Waals surface area contributed by atoms with Gasteiger partial charge in [-0.3, -0.25) is 9.59 Å². The molecule has 31 heavy (non-hydrogen) atoms. The number of halogens is 2. The zero-order valence-electron chi connectivity index (χ0n) is 17.1. The summed E-state index contributed by atoms with van der Waals surface area (Å²) < 4.78 is 32.0. The van der Waals surface area contributed by atoms with Crippen LogP contribution in [-0.2, 0) is 24.3 Å². The monoisotopic (exact) mass is 492 g/mol. The van der Waals surface area contributed by atoms with Crippen LogP contribution in [0.4, 0.5) is 0 Å². The van der Waals surface area contributed by atoms with E-state index < -0.39 is 40.7 Å². The highest BCUT2D eigenvalue weighted by atomic mass is 35.5. The van der Waals surface area contributed by atoms with Gasteiger partial charge in [0, 0.05) is 6.54 Å². The Hall–Kier alpha value is -1.65. The molecule has 2 rings (SSSR count). The fraction of sp³-hybridized carbons (Fsp3) is 0.500. The van der Waals surface area contributed by atoms with Crippen LogP contribution in [0.3, 0.4) is 0 Å². The van der Waals surface area contributed by atoms with Gasteiger partial charge in [0.15, 0.2) is 6.61 Å². The summed E-state index contributed by atoms with van der Waals surface area (Å²) in [6, 6.07) is 2.00. The second-order valence-electron chi connectivity index (χ2n) is 7.23. The molecule has 0 unspecified atom stereocenters. The van der Waals surface area contributed by atoms with E-state index in [1.165, 1.54) is 31.1 Å². The van der Waals surface area contributed by atoms with Gasteiger partial charge in [0.2, 0.25) is 10.0 Å². The van der Waals surface area contributed by atoms with Crippen molar-refractivity contribution in [2.45, 2.75) is 56.1 Å². The van der Waals surface area contributed by atoms with Crippen LogP contribution >= 0.6 is 23.2 Å². The fourth-order valence-electron chi connectivity index (χ4n) is 2.99. The molecule has 0 spiro atoms. The Bertz CT molecular complexity index is 934. The molecule has 1 amide bonds. The molecule has 0 saturated heterocycles. The highest BCUT2D eigenvalue weighted by Gasteiger charge is 2.31. The average molecular weight is 493 g/mol. The molecule has 0 aliphatic heterocycles. The lowest BCUT2D eigenvalue weighted by Crippen LogP contribution is -2.49. The molecule has 0 radical (unpaired) electrons. The Morgan fingerprint density at radius 1 is 1.23 bits per heavy atom. The van der Waals surface area contributed by atoms with E-state index >= 15 is 0 Å². The number of nitrogens with one attached hydrogen (secondary N) is 2. The van der Waals surface area contributed by atoms with Crippen molar-refractivity contribution >= 4 is 45.1 Å². The molecule has 0 fully saturated rings. The molecule has 1 aromatic carbocycles. The summed E-state index contributed by atoms with van der Waals surface area (Å²) in [6.07, 6.45) is 5.93. The maximum Gasteiger partial charge on any atom is 0.327 e. The standard InChI is InChI=1S/C20H26Cl2N2O6S/c1-13(25)19(24-31(28,29)15-7-8-16(21)17(22)11-15)20(27)30-12-18(26)23-10-9-14-5-3-2-4-6-14/h5,7-8,11,13,19,24-25H,2-4,6,9-10,12H2,1H3,(H,23,26)/t13-,19+/m0/s1. The lowest BCUT2D eigenvalue weighted by molar-refractivity contribution is -0.152. The summed E-state index contributed by atoms with van der Waals surface area (Å²) in [6.45, 7) is 1.06. The van der Waals surface area contributed by atoms with Crippen molar-refractivity contribution in [1.29, 1.82) is 0 Å². The van der Waals surface area contributed by atoms with E-state index in [2.05, 4.69) is 16.1 Å². The molecule has 0 bridgehead atoms. The molecular formula is C20H26Cl2N2O6S.